The summed E-state index contributed by atoms with van der Waals surface area (Å²) in [4.78, 5) is 4.53. The van der Waals surface area contributed by atoms with Crippen LogP contribution in [0.15, 0.2) is 24.3 Å². The van der Waals surface area contributed by atoms with Crippen LogP contribution in [0.4, 0.5) is 0 Å². The molecule has 1 atom stereocenters. The number of likely N-dealkylation sites (tertiary alicyclic amines) is 2. The molecule has 5 heteroatoms. The lowest BCUT2D eigenvalue weighted by atomic mass is 10.1. The highest BCUT2D eigenvalue weighted by molar-refractivity contribution is 5.27. The smallest absolute Gasteiger partial charge is 0.119 e. The maximum absolute atomic E-state index is 10.1. The molecule has 0 bridgehead atoms. The van der Waals surface area contributed by atoms with Crippen LogP contribution in [0.2, 0.25) is 0 Å². The summed E-state index contributed by atoms with van der Waals surface area (Å²) in [5, 5.41) is 19.4. The monoisotopic (exact) mass is 320 g/mol. The van der Waals surface area contributed by atoms with Crippen LogP contribution >= 0.6 is 0 Å². The fraction of sp³-hybridized carbons (Fsp3) is 0.667. The first kappa shape index (κ1) is 16.7. The topological polar surface area (TPSA) is 56.2 Å². The van der Waals surface area contributed by atoms with Crippen LogP contribution in [-0.2, 0) is 6.54 Å². The van der Waals surface area contributed by atoms with E-state index in [-0.39, 0.29) is 6.10 Å². The zero-order valence-electron chi connectivity index (χ0n) is 13.7. The molecule has 2 fully saturated rings. The minimum Gasteiger partial charge on any atom is -0.491 e. The van der Waals surface area contributed by atoms with Crippen molar-refractivity contribution in [2.45, 2.75) is 38.0 Å². The van der Waals surface area contributed by atoms with Crippen LogP contribution in [-0.4, -0.2) is 71.6 Å². The number of benzene rings is 1. The summed E-state index contributed by atoms with van der Waals surface area (Å²) < 4.78 is 5.70. The number of piperidine rings is 1. The lowest BCUT2D eigenvalue weighted by Gasteiger charge is -2.35. The minimum absolute atomic E-state index is 0.154. The van der Waals surface area contributed by atoms with Crippen LogP contribution in [0.25, 0.3) is 0 Å². The largest absolute Gasteiger partial charge is 0.491 e. The van der Waals surface area contributed by atoms with Crippen molar-refractivity contribution in [1.29, 1.82) is 0 Å². The van der Waals surface area contributed by atoms with Crippen LogP contribution < -0.4 is 4.74 Å². The van der Waals surface area contributed by atoms with Gasteiger partial charge in [0.25, 0.3) is 0 Å². The summed E-state index contributed by atoms with van der Waals surface area (Å²) in [6, 6.07) is 8.02. The van der Waals surface area contributed by atoms with Crippen molar-refractivity contribution in [3.63, 3.8) is 0 Å². The molecule has 5 nitrogen and oxygen atoms in total. The van der Waals surface area contributed by atoms with E-state index < -0.39 is 6.10 Å². The summed E-state index contributed by atoms with van der Waals surface area (Å²) in [6.45, 7) is 5.63. The highest BCUT2D eigenvalue weighted by Crippen LogP contribution is 2.17. The average Bonchev–Trinajstić information content (AvgIpc) is 2.54. The zero-order chi connectivity index (χ0) is 16.1. The van der Waals surface area contributed by atoms with E-state index in [1.54, 1.807) is 0 Å². The van der Waals surface area contributed by atoms with E-state index in [2.05, 4.69) is 21.9 Å². The standard InChI is InChI=1S/C18H28N2O3/c21-16-11-20(12-16)10-15-4-6-18(7-5-15)23-14-17(22)13-19-8-2-1-3-9-19/h4-7,16-17,21-22H,1-3,8-14H2. The minimum atomic E-state index is -0.435. The van der Waals surface area contributed by atoms with Gasteiger partial charge in [0.15, 0.2) is 0 Å². The average molecular weight is 320 g/mol. The molecule has 3 rings (SSSR count). The lowest BCUT2D eigenvalue weighted by Crippen LogP contribution is -2.49. The van der Waals surface area contributed by atoms with Crippen LogP contribution in [0.1, 0.15) is 24.8 Å². The molecular formula is C18H28N2O3. The fourth-order valence-corrected chi connectivity index (χ4v) is 3.31. The number of hydrogen-bond acceptors (Lipinski definition) is 5. The number of β-amino-alcohol motifs (C(OH)–C–C–N with tert-alkyl or cyclic N) is 2. The summed E-state index contributed by atoms with van der Waals surface area (Å²) in [6.07, 6.45) is 3.20. The van der Waals surface area contributed by atoms with E-state index >= 15 is 0 Å². The maximum Gasteiger partial charge on any atom is 0.119 e. The van der Waals surface area contributed by atoms with Crippen molar-refractivity contribution in [2.75, 3.05) is 39.3 Å². The third-order valence-electron chi connectivity index (χ3n) is 4.63. The van der Waals surface area contributed by atoms with Gasteiger partial charge in [-0.15, -0.1) is 0 Å². The molecule has 0 aliphatic carbocycles. The Morgan fingerprint density at radius 1 is 1.04 bits per heavy atom. The van der Waals surface area contributed by atoms with Gasteiger partial charge in [0.2, 0.25) is 0 Å². The Balaban J connectivity index is 1.37. The molecule has 0 radical (unpaired) electrons. The van der Waals surface area contributed by atoms with E-state index in [1.165, 1.54) is 24.8 Å². The number of ether oxygens (including phenoxy) is 1. The second kappa shape index (κ2) is 8.11. The van der Waals surface area contributed by atoms with Gasteiger partial charge >= 0.3 is 0 Å². The summed E-state index contributed by atoms with van der Waals surface area (Å²) >= 11 is 0. The maximum atomic E-state index is 10.1. The number of rotatable bonds is 7. The quantitative estimate of drug-likeness (QED) is 0.788. The Bertz CT molecular complexity index is 468. The van der Waals surface area contributed by atoms with Gasteiger partial charge in [0, 0.05) is 26.2 Å². The van der Waals surface area contributed by atoms with Gasteiger partial charge in [-0.3, -0.25) is 4.90 Å². The van der Waals surface area contributed by atoms with Gasteiger partial charge in [-0.1, -0.05) is 18.6 Å². The molecule has 1 aromatic carbocycles. The number of hydrogen-bond donors (Lipinski definition) is 2. The second-order valence-corrected chi connectivity index (χ2v) is 6.82. The summed E-state index contributed by atoms with van der Waals surface area (Å²) in [5.41, 5.74) is 1.22. The van der Waals surface area contributed by atoms with Crippen LogP contribution in [0.5, 0.6) is 5.75 Å². The van der Waals surface area contributed by atoms with Crippen molar-refractivity contribution in [2.24, 2.45) is 0 Å². The van der Waals surface area contributed by atoms with Crippen molar-refractivity contribution >= 4 is 0 Å². The predicted octanol–water partition coefficient (Wildman–Crippen LogP) is 1.09. The van der Waals surface area contributed by atoms with E-state index in [0.717, 1.165) is 38.5 Å². The van der Waals surface area contributed by atoms with Gasteiger partial charge < -0.3 is 19.8 Å². The van der Waals surface area contributed by atoms with E-state index in [9.17, 15) is 10.2 Å². The number of nitrogens with zero attached hydrogens (tertiary/aromatic N) is 2. The SMILES string of the molecule is OC(COc1ccc(CN2CC(O)C2)cc1)CN1CCCCC1. The van der Waals surface area contributed by atoms with Crippen LogP contribution in [0.3, 0.4) is 0 Å². The summed E-state index contributed by atoms with van der Waals surface area (Å²) in [5.74, 6) is 0.801. The van der Waals surface area contributed by atoms with Crippen molar-refractivity contribution in [3.8, 4) is 5.75 Å². The molecule has 0 amide bonds. The lowest BCUT2D eigenvalue weighted by molar-refractivity contribution is -0.00287. The van der Waals surface area contributed by atoms with Gasteiger partial charge in [-0.25, -0.2) is 0 Å². The van der Waals surface area contributed by atoms with Gasteiger partial charge in [0.1, 0.15) is 18.5 Å². The zero-order valence-corrected chi connectivity index (χ0v) is 13.7. The Labute approximate surface area is 138 Å². The normalized spacial score (nSPS) is 21.8. The molecule has 23 heavy (non-hydrogen) atoms. The fourth-order valence-electron chi connectivity index (χ4n) is 3.31. The Morgan fingerprint density at radius 3 is 2.39 bits per heavy atom. The second-order valence-electron chi connectivity index (χ2n) is 6.82. The van der Waals surface area contributed by atoms with Crippen molar-refractivity contribution in [3.05, 3.63) is 29.8 Å². The first-order valence-electron chi connectivity index (χ1n) is 8.71. The van der Waals surface area contributed by atoms with Crippen LogP contribution in [0, 0.1) is 0 Å². The van der Waals surface area contributed by atoms with E-state index in [0.29, 0.717) is 13.2 Å². The first-order chi connectivity index (χ1) is 11.2. The predicted molar refractivity (Wildman–Crippen MR) is 89.5 cm³/mol. The summed E-state index contributed by atoms with van der Waals surface area (Å²) in [7, 11) is 0. The van der Waals surface area contributed by atoms with Crippen molar-refractivity contribution < 1.29 is 14.9 Å². The Kier molecular flexibility index (Phi) is 5.89. The van der Waals surface area contributed by atoms with Gasteiger partial charge in [-0.2, -0.15) is 0 Å². The van der Waals surface area contributed by atoms with E-state index in [1.807, 2.05) is 12.1 Å². The molecule has 2 aliphatic heterocycles. The Hall–Kier alpha value is -1.14. The molecule has 1 unspecified atom stereocenters. The molecule has 2 heterocycles. The molecular weight excluding hydrogens is 292 g/mol. The highest BCUT2D eigenvalue weighted by atomic mass is 16.5. The van der Waals surface area contributed by atoms with Gasteiger partial charge in [-0.05, 0) is 43.6 Å². The molecule has 2 saturated heterocycles. The molecule has 2 aliphatic rings. The third-order valence-corrected chi connectivity index (χ3v) is 4.63. The highest BCUT2D eigenvalue weighted by Gasteiger charge is 2.23. The third kappa shape index (κ3) is 5.18. The molecule has 2 N–H and O–H groups in total. The first-order valence-corrected chi connectivity index (χ1v) is 8.71. The van der Waals surface area contributed by atoms with Crippen molar-refractivity contribution in [1.82, 2.24) is 9.80 Å². The number of aliphatic hydroxyl groups excluding tert-OH is 2. The molecule has 1 aromatic rings. The number of aliphatic hydroxyl groups is 2. The molecule has 128 valence electrons. The van der Waals surface area contributed by atoms with Gasteiger partial charge in [0.05, 0.1) is 6.10 Å². The Morgan fingerprint density at radius 2 is 1.74 bits per heavy atom. The van der Waals surface area contributed by atoms with E-state index in [4.69, 9.17) is 4.74 Å². The molecule has 0 spiro atoms. The molecule has 0 saturated carbocycles. The molecule has 0 aromatic heterocycles.